The van der Waals surface area contributed by atoms with E-state index in [-0.39, 0.29) is 18.1 Å². The van der Waals surface area contributed by atoms with Gasteiger partial charge in [-0.15, -0.1) is 0 Å². The molecule has 0 radical (unpaired) electrons. The lowest BCUT2D eigenvalue weighted by molar-refractivity contribution is -0.133. The van der Waals surface area contributed by atoms with Crippen molar-refractivity contribution in [2.75, 3.05) is 6.61 Å². The fourth-order valence-corrected chi connectivity index (χ4v) is 1.77. The quantitative estimate of drug-likeness (QED) is 0.784. The van der Waals surface area contributed by atoms with Crippen LogP contribution in [0.3, 0.4) is 0 Å². The first kappa shape index (κ1) is 14.5. The maximum absolute atomic E-state index is 12.2. The van der Waals surface area contributed by atoms with Crippen LogP contribution < -0.4 is 11.1 Å². The second-order valence-electron chi connectivity index (χ2n) is 6.16. The van der Waals surface area contributed by atoms with Gasteiger partial charge in [0.1, 0.15) is 0 Å². The molecule has 0 bridgehead atoms. The van der Waals surface area contributed by atoms with Gasteiger partial charge in [-0.05, 0) is 47.5 Å². The van der Waals surface area contributed by atoms with Crippen LogP contribution in [0.1, 0.15) is 47.5 Å². The Morgan fingerprint density at radius 2 is 2.00 bits per heavy atom. The van der Waals surface area contributed by atoms with Crippen LogP contribution in [0.15, 0.2) is 0 Å². The van der Waals surface area contributed by atoms with Gasteiger partial charge in [0.2, 0.25) is 5.91 Å². The van der Waals surface area contributed by atoms with Crippen molar-refractivity contribution >= 4 is 5.91 Å². The van der Waals surface area contributed by atoms with E-state index in [4.69, 9.17) is 10.5 Å². The van der Waals surface area contributed by atoms with Crippen molar-refractivity contribution in [1.82, 2.24) is 5.32 Å². The lowest BCUT2D eigenvalue weighted by Gasteiger charge is -2.38. The summed E-state index contributed by atoms with van der Waals surface area (Å²) in [7, 11) is 0. The third-order valence-electron chi connectivity index (χ3n) is 4.06. The smallest absolute Gasteiger partial charge is 0.227 e. The van der Waals surface area contributed by atoms with Crippen LogP contribution in [0.25, 0.3) is 0 Å². The van der Waals surface area contributed by atoms with Gasteiger partial charge in [0, 0.05) is 12.1 Å². The molecule has 4 nitrogen and oxygen atoms in total. The van der Waals surface area contributed by atoms with Crippen LogP contribution in [0.4, 0.5) is 0 Å². The predicted molar refractivity (Wildman–Crippen MR) is 68.6 cm³/mol. The Morgan fingerprint density at radius 3 is 2.41 bits per heavy atom. The van der Waals surface area contributed by atoms with E-state index in [2.05, 4.69) is 5.32 Å². The van der Waals surface area contributed by atoms with Crippen LogP contribution in [0.2, 0.25) is 0 Å². The molecule has 17 heavy (non-hydrogen) atoms. The molecule has 4 heteroatoms. The molecular formula is C13H26N2O2. The summed E-state index contributed by atoms with van der Waals surface area (Å²) in [4.78, 5) is 12.2. The number of rotatable bonds is 4. The van der Waals surface area contributed by atoms with E-state index >= 15 is 0 Å². The number of nitrogens with two attached hydrogens (primary N) is 1. The van der Waals surface area contributed by atoms with Crippen molar-refractivity contribution in [3.05, 3.63) is 0 Å². The average molecular weight is 242 g/mol. The summed E-state index contributed by atoms with van der Waals surface area (Å²) in [5.74, 6) is -0.00648. The molecular weight excluding hydrogens is 216 g/mol. The molecule has 2 atom stereocenters. The highest BCUT2D eigenvalue weighted by Crippen LogP contribution is 2.29. The van der Waals surface area contributed by atoms with Crippen LogP contribution in [0, 0.1) is 5.41 Å². The molecule has 1 fully saturated rings. The summed E-state index contributed by atoms with van der Waals surface area (Å²) < 4.78 is 5.57. The number of carbonyl (C=O) groups is 1. The van der Waals surface area contributed by atoms with Crippen LogP contribution in [0.5, 0.6) is 0 Å². The van der Waals surface area contributed by atoms with E-state index in [0.29, 0.717) is 0 Å². The summed E-state index contributed by atoms with van der Waals surface area (Å²) in [6, 6.07) is 0.0478. The Bertz CT molecular complexity index is 276. The minimum Gasteiger partial charge on any atom is -0.376 e. The number of ether oxygens (including phenoxy) is 1. The molecule has 2 unspecified atom stereocenters. The number of hydrogen-bond donors (Lipinski definition) is 2. The molecule has 1 heterocycles. The summed E-state index contributed by atoms with van der Waals surface area (Å²) in [6.45, 7) is 10.3. The number of amides is 1. The molecule has 0 spiro atoms. The molecule has 1 amide bonds. The molecule has 0 aromatic carbocycles. The SMILES string of the molecule is CC(NC(=O)C(C)(C)C(C)(C)N)C1CCCO1. The Balaban J connectivity index is 2.59. The van der Waals surface area contributed by atoms with E-state index in [1.165, 1.54) is 0 Å². The monoisotopic (exact) mass is 242 g/mol. The number of hydrogen-bond acceptors (Lipinski definition) is 3. The summed E-state index contributed by atoms with van der Waals surface area (Å²) in [5.41, 5.74) is 4.91. The zero-order chi connectivity index (χ0) is 13.3. The minimum atomic E-state index is -0.597. The van der Waals surface area contributed by atoms with Gasteiger partial charge in [-0.1, -0.05) is 0 Å². The molecule has 0 aliphatic carbocycles. The van der Waals surface area contributed by atoms with Crippen LogP contribution >= 0.6 is 0 Å². The fraction of sp³-hybridized carbons (Fsp3) is 0.923. The van der Waals surface area contributed by atoms with Crippen molar-refractivity contribution in [2.45, 2.75) is 65.1 Å². The third kappa shape index (κ3) is 3.19. The standard InChI is InChI=1S/C13H26N2O2/c1-9(10-7-6-8-17-10)15-11(16)12(2,3)13(4,5)14/h9-10H,6-8,14H2,1-5H3,(H,15,16). The molecule has 1 aliphatic heterocycles. The first-order valence-electron chi connectivity index (χ1n) is 6.37. The molecule has 0 aromatic rings. The highest BCUT2D eigenvalue weighted by atomic mass is 16.5. The number of nitrogens with one attached hydrogen (secondary N) is 1. The molecule has 0 aromatic heterocycles. The highest BCUT2D eigenvalue weighted by molar-refractivity contribution is 5.83. The van der Waals surface area contributed by atoms with Crippen molar-refractivity contribution in [3.63, 3.8) is 0 Å². The molecule has 1 aliphatic rings. The van der Waals surface area contributed by atoms with Crippen molar-refractivity contribution < 1.29 is 9.53 Å². The van der Waals surface area contributed by atoms with Gasteiger partial charge in [-0.2, -0.15) is 0 Å². The zero-order valence-electron chi connectivity index (χ0n) is 11.7. The van der Waals surface area contributed by atoms with E-state index < -0.39 is 11.0 Å². The zero-order valence-corrected chi connectivity index (χ0v) is 11.7. The summed E-state index contributed by atoms with van der Waals surface area (Å²) >= 11 is 0. The fourth-order valence-electron chi connectivity index (χ4n) is 1.77. The Labute approximate surface area is 104 Å². The lowest BCUT2D eigenvalue weighted by atomic mass is 9.74. The first-order valence-corrected chi connectivity index (χ1v) is 6.37. The number of carbonyl (C=O) groups excluding carboxylic acids is 1. The average Bonchev–Trinajstić information content (AvgIpc) is 2.68. The topological polar surface area (TPSA) is 64.4 Å². The van der Waals surface area contributed by atoms with Crippen LogP contribution in [-0.2, 0) is 9.53 Å². The highest BCUT2D eigenvalue weighted by Gasteiger charge is 2.41. The van der Waals surface area contributed by atoms with E-state index in [1.54, 1.807) is 0 Å². The first-order chi connectivity index (χ1) is 7.66. The second-order valence-corrected chi connectivity index (χ2v) is 6.16. The van der Waals surface area contributed by atoms with Gasteiger partial charge in [-0.25, -0.2) is 0 Å². The molecule has 1 saturated heterocycles. The van der Waals surface area contributed by atoms with Crippen molar-refractivity contribution in [1.29, 1.82) is 0 Å². The maximum atomic E-state index is 12.2. The van der Waals surface area contributed by atoms with Crippen molar-refractivity contribution in [3.8, 4) is 0 Å². The summed E-state index contributed by atoms with van der Waals surface area (Å²) in [5, 5.41) is 3.02. The van der Waals surface area contributed by atoms with Gasteiger partial charge >= 0.3 is 0 Å². The van der Waals surface area contributed by atoms with Gasteiger partial charge in [0.25, 0.3) is 0 Å². The molecule has 3 N–H and O–H groups in total. The van der Waals surface area contributed by atoms with Crippen molar-refractivity contribution in [2.24, 2.45) is 11.1 Å². The van der Waals surface area contributed by atoms with E-state index in [9.17, 15) is 4.79 Å². The normalized spacial score (nSPS) is 23.5. The van der Waals surface area contributed by atoms with E-state index in [0.717, 1.165) is 19.4 Å². The van der Waals surface area contributed by atoms with Gasteiger partial charge in [-0.3, -0.25) is 4.79 Å². The molecule has 1 rings (SSSR count). The second kappa shape index (κ2) is 4.94. The third-order valence-corrected chi connectivity index (χ3v) is 4.06. The van der Waals surface area contributed by atoms with Gasteiger partial charge in [0.05, 0.1) is 17.6 Å². The van der Waals surface area contributed by atoms with Crippen LogP contribution in [-0.4, -0.2) is 30.2 Å². The Morgan fingerprint density at radius 1 is 1.41 bits per heavy atom. The lowest BCUT2D eigenvalue weighted by Crippen LogP contribution is -2.57. The molecule has 100 valence electrons. The predicted octanol–water partition coefficient (Wildman–Crippen LogP) is 1.43. The Kier molecular flexibility index (Phi) is 4.20. The van der Waals surface area contributed by atoms with Gasteiger partial charge < -0.3 is 15.8 Å². The molecule has 0 saturated carbocycles. The largest absolute Gasteiger partial charge is 0.376 e. The summed E-state index contributed by atoms with van der Waals surface area (Å²) in [6.07, 6.45) is 2.25. The maximum Gasteiger partial charge on any atom is 0.227 e. The van der Waals surface area contributed by atoms with Gasteiger partial charge in [0.15, 0.2) is 0 Å². The van der Waals surface area contributed by atoms with E-state index in [1.807, 2.05) is 34.6 Å². The Hall–Kier alpha value is -0.610. The minimum absolute atomic E-state index is 0.00648.